The summed E-state index contributed by atoms with van der Waals surface area (Å²) < 4.78 is 4.02. The fourth-order valence-corrected chi connectivity index (χ4v) is 3.07. The van der Waals surface area contributed by atoms with E-state index >= 15 is 0 Å². The number of nitrogen functional groups attached to an aromatic ring is 1. The van der Waals surface area contributed by atoms with Crippen LogP contribution in [0.1, 0.15) is 20.8 Å². The van der Waals surface area contributed by atoms with Crippen molar-refractivity contribution in [3.05, 3.63) is 36.8 Å². The number of anilines is 1. The Balaban J connectivity index is 0.00000182. The fraction of sp³-hybridized carbons (Fsp3) is 0.278. The topological polar surface area (TPSA) is 74.5 Å². The Morgan fingerprint density at radius 3 is 2.56 bits per heavy atom. The van der Waals surface area contributed by atoms with Crippen LogP contribution in [0.5, 0.6) is 0 Å². The molecule has 0 atom stereocenters. The van der Waals surface area contributed by atoms with Gasteiger partial charge in [-0.05, 0) is 39.0 Å². The first-order valence-electron chi connectivity index (χ1n) is 7.91. The van der Waals surface area contributed by atoms with Gasteiger partial charge < -0.3 is 10.3 Å². The Hall–Kier alpha value is -2.60. The van der Waals surface area contributed by atoms with Gasteiger partial charge in [0, 0.05) is 29.7 Å². The first-order chi connectivity index (χ1) is 11.4. The van der Waals surface area contributed by atoms with E-state index in [9.17, 15) is 0 Å². The average molecular weight is 357 g/mol. The van der Waals surface area contributed by atoms with Crippen LogP contribution in [0, 0.1) is 0 Å². The van der Waals surface area contributed by atoms with Crippen molar-refractivity contribution in [2.24, 2.45) is 7.05 Å². The molecule has 7 heteroatoms. The molecule has 6 nitrogen and oxygen atoms in total. The van der Waals surface area contributed by atoms with Gasteiger partial charge in [0.2, 0.25) is 0 Å². The Labute approximate surface area is 152 Å². The van der Waals surface area contributed by atoms with Gasteiger partial charge in [-0.15, -0.1) is 12.4 Å². The number of halogens is 1. The molecule has 0 radical (unpaired) electrons. The van der Waals surface area contributed by atoms with Gasteiger partial charge in [0.1, 0.15) is 17.8 Å². The minimum Gasteiger partial charge on any atom is -0.383 e. The van der Waals surface area contributed by atoms with E-state index in [1.54, 1.807) is 0 Å². The Morgan fingerprint density at radius 1 is 1.08 bits per heavy atom. The van der Waals surface area contributed by atoms with Crippen LogP contribution in [0.15, 0.2) is 36.8 Å². The molecule has 0 spiro atoms. The molecule has 130 valence electrons. The highest BCUT2D eigenvalue weighted by Gasteiger charge is 2.23. The van der Waals surface area contributed by atoms with Crippen molar-refractivity contribution in [1.29, 1.82) is 0 Å². The zero-order chi connectivity index (χ0) is 17.1. The van der Waals surface area contributed by atoms with Crippen LogP contribution in [-0.2, 0) is 12.6 Å². The first-order valence-corrected chi connectivity index (χ1v) is 7.91. The number of nitrogens with two attached hydrogens (primary N) is 1. The molecule has 3 aromatic heterocycles. The van der Waals surface area contributed by atoms with Gasteiger partial charge in [0.25, 0.3) is 0 Å². The standard InChI is InChI=1S/C18H20N6.ClH/c1-18(2,3)24-17-14(16(19)20-10-21-17)15(22-24)12-5-6-13-11(9-12)7-8-23(13)4;/h5-10H,1-4H3,(H2,19,20,21);1H. The smallest absolute Gasteiger partial charge is 0.164 e. The van der Waals surface area contributed by atoms with E-state index in [4.69, 9.17) is 10.8 Å². The predicted octanol–water partition coefficient (Wildman–Crippen LogP) is 3.74. The normalized spacial score (nSPS) is 11.8. The number of hydrogen-bond donors (Lipinski definition) is 1. The van der Waals surface area contributed by atoms with Crippen molar-refractivity contribution >= 4 is 40.2 Å². The number of rotatable bonds is 1. The van der Waals surface area contributed by atoms with Gasteiger partial charge in [-0.3, -0.25) is 0 Å². The summed E-state index contributed by atoms with van der Waals surface area (Å²) in [6, 6.07) is 8.41. The maximum atomic E-state index is 6.16. The van der Waals surface area contributed by atoms with Crippen molar-refractivity contribution in [3.63, 3.8) is 0 Å². The molecule has 0 fully saturated rings. The second-order valence-electron chi connectivity index (χ2n) is 7.09. The molecule has 25 heavy (non-hydrogen) atoms. The van der Waals surface area contributed by atoms with E-state index in [1.807, 2.05) is 11.7 Å². The van der Waals surface area contributed by atoms with E-state index in [0.717, 1.165) is 22.3 Å². The van der Waals surface area contributed by atoms with Gasteiger partial charge in [-0.2, -0.15) is 5.10 Å². The van der Waals surface area contributed by atoms with Crippen molar-refractivity contribution in [2.45, 2.75) is 26.3 Å². The van der Waals surface area contributed by atoms with Crippen LogP contribution in [0.4, 0.5) is 5.82 Å². The van der Waals surface area contributed by atoms with E-state index in [-0.39, 0.29) is 17.9 Å². The highest BCUT2D eigenvalue weighted by atomic mass is 35.5. The van der Waals surface area contributed by atoms with Gasteiger partial charge in [-0.1, -0.05) is 6.07 Å². The summed E-state index contributed by atoms with van der Waals surface area (Å²) in [5, 5.41) is 6.81. The second kappa shape index (κ2) is 5.74. The molecule has 0 bridgehead atoms. The van der Waals surface area contributed by atoms with Gasteiger partial charge in [0.05, 0.1) is 10.9 Å². The van der Waals surface area contributed by atoms with Crippen LogP contribution in [0.25, 0.3) is 33.2 Å². The van der Waals surface area contributed by atoms with E-state index in [0.29, 0.717) is 5.82 Å². The SMILES string of the molecule is Cl.Cn1ccc2cc(-c3nn(C(C)(C)C)c4ncnc(N)c34)ccc21. The summed E-state index contributed by atoms with van der Waals surface area (Å²) in [7, 11) is 2.04. The number of nitrogens with zero attached hydrogens (tertiary/aromatic N) is 5. The lowest BCUT2D eigenvalue weighted by Crippen LogP contribution is -2.23. The minimum atomic E-state index is -0.200. The maximum Gasteiger partial charge on any atom is 0.164 e. The van der Waals surface area contributed by atoms with Crippen LogP contribution < -0.4 is 5.73 Å². The fourth-order valence-electron chi connectivity index (χ4n) is 3.07. The number of aromatic nitrogens is 5. The average Bonchev–Trinajstić information content (AvgIpc) is 3.09. The van der Waals surface area contributed by atoms with Gasteiger partial charge in [-0.25, -0.2) is 14.6 Å². The molecule has 0 amide bonds. The van der Waals surface area contributed by atoms with Crippen molar-refractivity contribution < 1.29 is 0 Å². The molecule has 0 saturated heterocycles. The Bertz CT molecular complexity index is 1070. The molecule has 0 aliphatic rings. The summed E-state index contributed by atoms with van der Waals surface area (Å²) in [5.41, 5.74) is 9.74. The zero-order valence-electron chi connectivity index (χ0n) is 14.7. The molecule has 0 aliphatic carbocycles. The third-order valence-corrected chi connectivity index (χ3v) is 4.29. The number of fused-ring (bicyclic) bond motifs is 2. The lowest BCUT2D eigenvalue weighted by Gasteiger charge is -2.19. The Morgan fingerprint density at radius 2 is 1.84 bits per heavy atom. The number of hydrogen-bond acceptors (Lipinski definition) is 4. The summed E-state index contributed by atoms with van der Waals surface area (Å²) in [5.74, 6) is 0.457. The van der Waals surface area contributed by atoms with Crippen molar-refractivity contribution in [2.75, 3.05) is 5.73 Å². The number of benzene rings is 1. The molecule has 4 aromatic rings. The van der Waals surface area contributed by atoms with E-state index in [1.165, 1.54) is 17.2 Å². The summed E-state index contributed by atoms with van der Waals surface area (Å²) >= 11 is 0. The lowest BCUT2D eigenvalue weighted by atomic mass is 10.1. The monoisotopic (exact) mass is 356 g/mol. The molecule has 2 N–H and O–H groups in total. The van der Waals surface area contributed by atoms with Crippen molar-refractivity contribution in [3.8, 4) is 11.3 Å². The molecule has 4 rings (SSSR count). The largest absolute Gasteiger partial charge is 0.383 e. The summed E-state index contributed by atoms with van der Waals surface area (Å²) in [6.45, 7) is 6.30. The van der Waals surface area contributed by atoms with E-state index in [2.05, 4.69) is 65.8 Å². The zero-order valence-corrected chi connectivity index (χ0v) is 15.5. The van der Waals surface area contributed by atoms with Crippen LogP contribution in [-0.4, -0.2) is 24.3 Å². The predicted molar refractivity (Wildman–Crippen MR) is 104 cm³/mol. The molecule has 1 aromatic carbocycles. The van der Waals surface area contributed by atoms with Gasteiger partial charge in [0.15, 0.2) is 5.65 Å². The molecule has 0 unspecified atom stereocenters. The van der Waals surface area contributed by atoms with Gasteiger partial charge >= 0.3 is 0 Å². The summed E-state index contributed by atoms with van der Waals surface area (Å²) in [4.78, 5) is 8.59. The van der Waals surface area contributed by atoms with Crippen LogP contribution in [0.3, 0.4) is 0 Å². The molecule has 0 aliphatic heterocycles. The highest BCUT2D eigenvalue weighted by Crippen LogP contribution is 2.34. The summed E-state index contributed by atoms with van der Waals surface area (Å²) in [6.07, 6.45) is 3.55. The van der Waals surface area contributed by atoms with Crippen molar-refractivity contribution in [1.82, 2.24) is 24.3 Å². The van der Waals surface area contributed by atoms with Crippen LogP contribution in [0.2, 0.25) is 0 Å². The highest BCUT2D eigenvalue weighted by molar-refractivity contribution is 6.00. The third kappa shape index (κ3) is 2.62. The third-order valence-electron chi connectivity index (χ3n) is 4.29. The quantitative estimate of drug-likeness (QED) is 0.563. The van der Waals surface area contributed by atoms with E-state index < -0.39 is 0 Å². The first kappa shape index (κ1) is 17.2. The Kier molecular flexibility index (Phi) is 3.95. The molecule has 0 saturated carbocycles. The molecular formula is C18H21ClN6. The molecular weight excluding hydrogens is 336 g/mol. The lowest BCUT2D eigenvalue weighted by molar-refractivity contribution is 0.367. The van der Waals surface area contributed by atoms with Crippen LogP contribution >= 0.6 is 12.4 Å². The number of aryl methyl sites for hydroxylation is 1. The maximum absolute atomic E-state index is 6.16. The minimum absolute atomic E-state index is 0. The molecule has 3 heterocycles. The second-order valence-corrected chi connectivity index (χ2v) is 7.09.